The first kappa shape index (κ1) is 25.3. The predicted octanol–water partition coefficient (Wildman–Crippen LogP) is 6.13. The molecule has 0 aliphatic heterocycles. The summed E-state index contributed by atoms with van der Waals surface area (Å²) < 4.78 is 4.74. The van der Waals surface area contributed by atoms with Crippen LogP contribution >= 0.6 is 20.8 Å². The molecule has 1 heterocycles. The Bertz CT molecular complexity index is 1070. The van der Waals surface area contributed by atoms with E-state index in [0.29, 0.717) is 17.2 Å². The first-order chi connectivity index (χ1) is 15.4. The molecule has 7 heteroatoms. The zero-order valence-corrected chi connectivity index (χ0v) is 20.2. The highest BCUT2D eigenvalue weighted by molar-refractivity contribution is 7.31. The van der Waals surface area contributed by atoms with Gasteiger partial charge >= 0.3 is 0 Å². The zero-order chi connectivity index (χ0) is 23.5. The maximum absolute atomic E-state index is 10.0. The third-order valence-electron chi connectivity index (χ3n) is 4.71. The lowest BCUT2D eigenvalue weighted by atomic mass is 10.0. The van der Waals surface area contributed by atoms with Crippen LogP contribution in [0.3, 0.4) is 0 Å². The van der Waals surface area contributed by atoms with Crippen molar-refractivity contribution in [2.24, 2.45) is 0 Å². The average Bonchev–Trinajstić information content (AvgIpc) is 2.81. The number of nitrogens with zero attached hydrogens (tertiary/aromatic N) is 1. The van der Waals surface area contributed by atoms with Gasteiger partial charge in [-0.2, -0.15) is 0 Å². The van der Waals surface area contributed by atoms with Gasteiger partial charge in [-0.15, -0.1) is 9.24 Å². The number of hydrogen-bond donors (Lipinski definition) is 2. The molecule has 1 aromatic heterocycles. The Morgan fingerprint density at radius 1 is 1.09 bits per heavy atom. The molecule has 2 atom stereocenters. The summed E-state index contributed by atoms with van der Waals surface area (Å²) in [5.41, 5.74) is 5.59. The highest BCUT2D eigenvalue weighted by atomic mass is 35.5. The Hall–Kier alpha value is -3.01. The molecule has 3 aromatic rings. The van der Waals surface area contributed by atoms with Crippen LogP contribution in [0, 0.1) is 5.41 Å². The molecular weight excluding hydrogens is 441 g/mol. The van der Waals surface area contributed by atoms with Crippen LogP contribution in [0.4, 0.5) is 0 Å². The number of carbonyl (C=O) groups excluding carboxylic acids is 1. The largest absolute Gasteiger partial charge is 0.460 e. The lowest BCUT2D eigenvalue weighted by Gasteiger charge is -2.11. The summed E-state index contributed by atoms with van der Waals surface area (Å²) in [6.45, 7) is 3.98. The fraction of sp³-hybridized carbons (Fsp3) is 0.160. The van der Waals surface area contributed by atoms with Gasteiger partial charge < -0.3 is 15.5 Å². The van der Waals surface area contributed by atoms with E-state index in [0.717, 1.165) is 33.3 Å². The molecule has 2 unspecified atom stereocenters. The lowest BCUT2D eigenvalue weighted by molar-refractivity contribution is -0.133. The second-order valence-electron chi connectivity index (χ2n) is 6.87. The molecule has 32 heavy (non-hydrogen) atoms. The summed E-state index contributed by atoms with van der Waals surface area (Å²) in [5, 5.41) is 12.5. The SMILES string of the molecule is CC(OC=O)c1ccccc1Cl.CN/C(C(C)=N)=C(/P)c1ccc(-c2ccncc2)cc1. The predicted molar refractivity (Wildman–Crippen MR) is 136 cm³/mol. The molecule has 166 valence electrons. The summed E-state index contributed by atoms with van der Waals surface area (Å²) in [5.74, 6) is 0. The van der Waals surface area contributed by atoms with Crippen LogP contribution < -0.4 is 5.32 Å². The van der Waals surface area contributed by atoms with Crippen molar-refractivity contribution in [3.63, 3.8) is 0 Å². The summed E-state index contributed by atoms with van der Waals surface area (Å²) in [7, 11) is 4.55. The van der Waals surface area contributed by atoms with Crippen LogP contribution in [-0.2, 0) is 9.53 Å². The average molecular weight is 468 g/mol. The standard InChI is InChI=1S/C16H18N3P.C9H9ClO2/c1-11(17)15(18-2)16(20)14-5-3-12(4-6-14)13-7-9-19-10-8-13;1-7(12-6-11)8-4-2-3-5-9(8)10/h3-10,17-18H,20H2,1-2H3;2-7H,1H3/b16-15+,17-11?;. The number of nitrogens with one attached hydrogen (secondary N) is 2. The van der Waals surface area contributed by atoms with Crippen LogP contribution in [-0.4, -0.2) is 24.2 Å². The van der Waals surface area contributed by atoms with E-state index >= 15 is 0 Å². The maximum atomic E-state index is 10.0. The molecule has 0 aliphatic carbocycles. The van der Waals surface area contributed by atoms with Crippen LogP contribution in [0.5, 0.6) is 0 Å². The van der Waals surface area contributed by atoms with Crippen molar-refractivity contribution in [1.82, 2.24) is 10.3 Å². The van der Waals surface area contributed by atoms with Gasteiger partial charge in [0.25, 0.3) is 6.47 Å². The molecule has 0 fully saturated rings. The smallest absolute Gasteiger partial charge is 0.293 e. The van der Waals surface area contributed by atoms with E-state index in [4.69, 9.17) is 21.7 Å². The first-order valence-electron chi connectivity index (χ1n) is 9.96. The molecule has 5 nitrogen and oxygen atoms in total. The summed E-state index contributed by atoms with van der Waals surface area (Å²) in [4.78, 5) is 14.1. The summed E-state index contributed by atoms with van der Waals surface area (Å²) in [6.07, 6.45) is 3.31. The minimum Gasteiger partial charge on any atom is -0.460 e. The Morgan fingerprint density at radius 3 is 2.22 bits per heavy atom. The van der Waals surface area contributed by atoms with E-state index < -0.39 is 0 Å². The number of ether oxygens (including phenoxy) is 1. The minimum absolute atomic E-state index is 0.281. The monoisotopic (exact) mass is 467 g/mol. The molecule has 0 amide bonds. The van der Waals surface area contributed by atoms with E-state index in [1.54, 1.807) is 32.3 Å². The molecule has 0 saturated carbocycles. The second-order valence-corrected chi connectivity index (χ2v) is 7.86. The summed E-state index contributed by atoms with van der Waals surface area (Å²) in [6, 6.07) is 19.6. The van der Waals surface area contributed by atoms with E-state index in [1.165, 1.54) is 0 Å². The van der Waals surface area contributed by atoms with Crippen molar-refractivity contribution in [2.75, 3.05) is 7.05 Å². The van der Waals surface area contributed by atoms with Gasteiger partial charge in [-0.25, -0.2) is 0 Å². The fourth-order valence-electron chi connectivity index (χ4n) is 3.02. The van der Waals surface area contributed by atoms with Crippen molar-refractivity contribution >= 4 is 38.3 Å². The Balaban J connectivity index is 0.000000258. The van der Waals surface area contributed by atoms with Crippen molar-refractivity contribution in [3.8, 4) is 11.1 Å². The van der Waals surface area contributed by atoms with Gasteiger partial charge in [0.1, 0.15) is 6.10 Å². The quantitative estimate of drug-likeness (QED) is 0.249. The third-order valence-corrected chi connectivity index (χ3v) is 5.67. The number of pyridine rings is 1. The van der Waals surface area contributed by atoms with Gasteiger partial charge in [0.15, 0.2) is 0 Å². The van der Waals surface area contributed by atoms with Gasteiger partial charge in [0.2, 0.25) is 0 Å². The normalized spacial score (nSPS) is 11.9. The number of aromatic nitrogens is 1. The Kier molecular flexibility index (Phi) is 10.1. The van der Waals surface area contributed by atoms with Crippen molar-refractivity contribution in [2.45, 2.75) is 20.0 Å². The minimum atomic E-state index is -0.281. The summed E-state index contributed by atoms with van der Waals surface area (Å²) >= 11 is 5.86. The van der Waals surface area contributed by atoms with Gasteiger partial charge in [-0.3, -0.25) is 9.78 Å². The van der Waals surface area contributed by atoms with Crippen molar-refractivity contribution < 1.29 is 9.53 Å². The maximum Gasteiger partial charge on any atom is 0.293 e. The molecule has 0 radical (unpaired) electrons. The van der Waals surface area contributed by atoms with E-state index in [9.17, 15) is 4.79 Å². The van der Waals surface area contributed by atoms with E-state index in [-0.39, 0.29) is 6.10 Å². The number of hydrogen-bond acceptors (Lipinski definition) is 5. The molecule has 2 aromatic carbocycles. The van der Waals surface area contributed by atoms with Crippen LogP contribution in [0.2, 0.25) is 5.02 Å². The van der Waals surface area contributed by atoms with Gasteiger partial charge in [0.05, 0.1) is 11.4 Å². The Labute approximate surface area is 196 Å². The molecule has 0 spiro atoms. The van der Waals surface area contributed by atoms with E-state index in [1.807, 2.05) is 37.4 Å². The van der Waals surface area contributed by atoms with Crippen LogP contribution in [0.15, 0.2) is 78.8 Å². The van der Waals surface area contributed by atoms with Crippen LogP contribution in [0.25, 0.3) is 16.4 Å². The molecule has 0 aliphatic rings. The molecule has 2 N–H and O–H groups in total. The highest BCUT2D eigenvalue weighted by Gasteiger charge is 2.08. The Morgan fingerprint density at radius 2 is 1.69 bits per heavy atom. The third kappa shape index (κ3) is 7.01. The van der Waals surface area contributed by atoms with E-state index in [2.05, 4.69) is 43.8 Å². The number of halogens is 1. The highest BCUT2D eigenvalue weighted by Crippen LogP contribution is 2.27. The fourth-order valence-corrected chi connectivity index (χ4v) is 3.86. The topological polar surface area (TPSA) is 75.1 Å². The van der Waals surface area contributed by atoms with Gasteiger partial charge in [-0.05, 0) is 48.7 Å². The second kappa shape index (κ2) is 12.7. The first-order valence-corrected chi connectivity index (χ1v) is 10.9. The number of benzene rings is 2. The van der Waals surface area contributed by atoms with Crippen molar-refractivity contribution in [1.29, 1.82) is 5.41 Å². The molecule has 0 saturated heterocycles. The number of rotatable bonds is 7. The van der Waals surface area contributed by atoms with Gasteiger partial charge in [0, 0.05) is 35.3 Å². The molecular formula is C25H27ClN3O2P. The van der Waals surface area contributed by atoms with Crippen molar-refractivity contribution in [3.05, 3.63) is 94.9 Å². The van der Waals surface area contributed by atoms with Crippen LogP contribution in [0.1, 0.15) is 31.1 Å². The molecule has 3 rings (SSSR count). The number of carbonyl (C=O) groups is 1. The van der Waals surface area contributed by atoms with Gasteiger partial charge in [-0.1, -0.05) is 54.1 Å². The lowest BCUT2D eigenvalue weighted by Crippen LogP contribution is -2.13. The zero-order valence-electron chi connectivity index (χ0n) is 18.3. The number of allylic oxidation sites excluding steroid dienone is 1. The molecule has 0 bridgehead atoms.